The number of sulfonamides is 1. The Kier molecular flexibility index (Phi) is 3.15. The second kappa shape index (κ2) is 5.85. The third-order valence-electron chi connectivity index (χ3n) is 3.86. The van der Waals surface area contributed by atoms with E-state index in [-0.39, 0.29) is 17.8 Å². The van der Waals surface area contributed by atoms with Crippen molar-refractivity contribution in [3.8, 4) is 0 Å². The molecule has 2 aromatic heterocycles. The molecule has 0 atom stereocenters. The smallest absolute Gasteiger partial charge is 0.211 e. The van der Waals surface area contributed by atoms with Crippen molar-refractivity contribution < 1.29 is 12.5 Å². The highest BCUT2D eigenvalue weighted by Gasteiger charge is 2.35. The minimum Gasteiger partial charge on any atom is -0.356 e. The zero-order valence-corrected chi connectivity index (χ0v) is 13.1. The molecule has 0 radical (unpaired) electrons. The molecule has 0 bridgehead atoms. The van der Waals surface area contributed by atoms with Gasteiger partial charge in [-0.05, 0) is 25.3 Å². The number of rotatable bonds is 6. The SMILES string of the molecule is [2H]C([2H])([2H])N(c1ncnc2[nH]ccc12)C1CC(NS(=O)(=O)CCC)C1. The van der Waals surface area contributed by atoms with Crippen LogP contribution in [0, 0.1) is 0 Å². The maximum atomic E-state index is 11.9. The number of fused-ring (bicyclic) bond motifs is 1. The first-order valence-corrected chi connectivity index (χ1v) is 8.94. The average molecular weight is 326 g/mol. The normalized spacial score (nSPS) is 24.3. The molecule has 8 heteroatoms. The highest BCUT2D eigenvalue weighted by Crippen LogP contribution is 2.31. The predicted octanol–water partition coefficient (Wildman–Crippen LogP) is 1.25. The van der Waals surface area contributed by atoms with Crippen LogP contribution in [0.2, 0.25) is 0 Å². The van der Waals surface area contributed by atoms with Crippen LogP contribution in [0.15, 0.2) is 18.6 Å². The number of H-pyrrole nitrogens is 1. The van der Waals surface area contributed by atoms with Crippen LogP contribution in [-0.4, -0.2) is 48.2 Å². The first-order chi connectivity index (χ1) is 11.7. The summed E-state index contributed by atoms with van der Waals surface area (Å²) in [6, 6.07) is 1.19. The van der Waals surface area contributed by atoms with Crippen LogP contribution in [0.1, 0.15) is 30.3 Å². The first kappa shape index (κ1) is 11.8. The average Bonchev–Trinajstić information content (AvgIpc) is 2.92. The maximum absolute atomic E-state index is 11.9. The van der Waals surface area contributed by atoms with Crippen molar-refractivity contribution in [1.82, 2.24) is 19.7 Å². The number of aromatic amines is 1. The number of hydrogen-bond acceptors (Lipinski definition) is 5. The Bertz CT molecular complexity index is 846. The van der Waals surface area contributed by atoms with Gasteiger partial charge in [0, 0.05) is 29.4 Å². The Balaban J connectivity index is 1.80. The van der Waals surface area contributed by atoms with E-state index in [1.165, 1.54) is 11.2 Å². The van der Waals surface area contributed by atoms with Gasteiger partial charge in [0.25, 0.3) is 0 Å². The van der Waals surface area contributed by atoms with Gasteiger partial charge in [-0.25, -0.2) is 23.1 Å². The standard InChI is InChI=1S/C14H21N5O2S/c1-3-6-22(20,21)18-10-7-11(8-10)19(2)14-12-4-5-15-13(12)16-9-17-14/h4-5,9-11,18H,3,6-8H2,1-2H3,(H,15,16,17)/i2D3. The van der Waals surface area contributed by atoms with Crippen LogP contribution >= 0.6 is 0 Å². The van der Waals surface area contributed by atoms with E-state index in [0.29, 0.717) is 36.1 Å². The predicted molar refractivity (Wildman–Crippen MR) is 86.3 cm³/mol. The van der Waals surface area contributed by atoms with Gasteiger partial charge in [-0.15, -0.1) is 0 Å². The highest BCUT2D eigenvalue weighted by molar-refractivity contribution is 7.89. The van der Waals surface area contributed by atoms with Gasteiger partial charge in [0.05, 0.1) is 11.1 Å². The van der Waals surface area contributed by atoms with Crippen molar-refractivity contribution in [3.05, 3.63) is 18.6 Å². The maximum Gasteiger partial charge on any atom is 0.211 e. The molecule has 0 saturated heterocycles. The molecule has 2 aromatic rings. The van der Waals surface area contributed by atoms with Crippen molar-refractivity contribution in [3.63, 3.8) is 0 Å². The van der Waals surface area contributed by atoms with E-state index in [1.54, 1.807) is 19.2 Å². The number of nitrogens with zero attached hydrogens (tertiary/aromatic N) is 3. The van der Waals surface area contributed by atoms with E-state index in [0.717, 1.165) is 0 Å². The second-order valence-electron chi connectivity index (χ2n) is 5.57. The molecular weight excluding hydrogens is 302 g/mol. The summed E-state index contributed by atoms with van der Waals surface area (Å²) in [5, 5.41) is 0.633. The van der Waals surface area contributed by atoms with Gasteiger partial charge in [-0.2, -0.15) is 0 Å². The third-order valence-corrected chi connectivity index (χ3v) is 5.50. The van der Waals surface area contributed by atoms with Crippen molar-refractivity contribution in [1.29, 1.82) is 0 Å². The molecule has 1 fully saturated rings. The molecule has 1 aliphatic carbocycles. The van der Waals surface area contributed by atoms with E-state index < -0.39 is 17.0 Å². The molecule has 0 aliphatic heterocycles. The number of aromatic nitrogens is 3. The molecule has 1 aliphatic rings. The molecule has 0 amide bonds. The lowest BCUT2D eigenvalue weighted by Crippen LogP contribution is -2.53. The van der Waals surface area contributed by atoms with Gasteiger partial charge >= 0.3 is 0 Å². The summed E-state index contributed by atoms with van der Waals surface area (Å²) in [4.78, 5) is 12.5. The summed E-state index contributed by atoms with van der Waals surface area (Å²) < 4.78 is 50.0. The van der Waals surface area contributed by atoms with Gasteiger partial charge in [-0.3, -0.25) is 0 Å². The van der Waals surface area contributed by atoms with Crippen LogP contribution in [0.3, 0.4) is 0 Å². The fourth-order valence-corrected chi connectivity index (χ4v) is 4.06. The van der Waals surface area contributed by atoms with Gasteiger partial charge in [-0.1, -0.05) is 6.92 Å². The van der Waals surface area contributed by atoms with Gasteiger partial charge < -0.3 is 9.88 Å². The quantitative estimate of drug-likeness (QED) is 0.834. The Morgan fingerprint density at radius 2 is 2.32 bits per heavy atom. The summed E-state index contributed by atoms with van der Waals surface area (Å²) in [6.45, 7) is -0.576. The summed E-state index contributed by atoms with van der Waals surface area (Å²) >= 11 is 0. The summed E-state index contributed by atoms with van der Waals surface area (Å²) in [5.41, 5.74) is 0.568. The number of hydrogen-bond donors (Lipinski definition) is 2. The van der Waals surface area contributed by atoms with Crippen LogP contribution in [0.4, 0.5) is 5.82 Å². The number of anilines is 1. The molecule has 0 aromatic carbocycles. The fraction of sp³-hybridized carbons (Fsp3) is 0.571. The lowest BCUT2D eigenvalue weighted by atomic mass is 9.86. The molecule has 1 saturated carbocycles. The molecule has 0 unspecified atom stereocenters. The Hall–Kier alpha value is -1.67. The Labute approximate surface area is 134 Å². The van der Waals surface area contributed by atoms with Crippen LogP contribution in [0.25, 0.3) is 11.0 Å². The van der Waals surface area contributed by atoms with E-state index in [4.69, 9.17) is 4.11 Å². The molecule has 7 nitrogen and oxygen atoms in total. The zero-order valence-electron chi connectivity index (χ0n) is 15.3. The van der Waals surface area contributed by atoms with Gasteiger partial charge in [0.15, 0.2) is 0 Å². The Morgan fingerprint density at radius 3 is 3.05 bits per heavy atom. The second-order valence-corrected chi connectivity index (χ2v) is 7.44. The summed E-state index contributed by atoms with van der Waals surface area (Å²) in [5.74, 6) is 0.415. The lowest BCUT2D eigenvalue weighted by molar-refractivity contribution is 0.316. The molecule has 22 heavy (non-hydrogen) atoms. The van der Waals surface area contributed by atoms with E-state index in [2.05, 4.69) is 19.7 Å². The molecule has 2 heterocycles. The van der Waals surface area contributed by atoms with Crippen molar-refractivity contribution in [2.45, 2.75) is 38.3 Å². The van der Waals surface area contributed by atoms with Crippen LogP contribution < -0.4 is 9.62 Å². The largest absolute Gasteiger partial charge is 0.356 e. The zero-order chi connectivity index (χ0) is 18.2. The minimum absolute atomic E-state index is 0.0764. The highest BCUT2D eigenvalue weighted by atomic mass is 32.2. The number of nitrogens with one attached hydrogen (secondary N) is 2. The van der Waals surface area contributed by atoms with Crippen molar-refractivity contribution >= 4 is 26.9 Å². The molecule has 3 rings (SSSR count). The topological polar surface area (TPSA) is 91.0 Å². The van der Waals surface area contributed by atoms with E-state index >= 15 is 0 Å². The van der Waals surface area contributed by atoms with Gasteiger partial charge in [0.1, 0.15) is 17.8 Å². The fourth-order valence-electron chi connectivity index (χ4n) is 2.70. The third kappa shape index (κ3) is 2.93. The summed E-state index contributed by atoms with van der Waals surface area (Å²) in [6.07, 6.45) is 4.41. The lowest BCUT2D eigenvalue weighted by Gasteiger charge is -2.41. The minimum atomic E-state index is -3.31. The van der Waals surface area contributed by atoms with Gasteiger partial charge in [0.2, 0.25) is 10.0 Å². The van der Waals surface area contributed by atoms with Crippen molar-refractivity contribution in [2.75, 3.05) is 17.6 Å². The van der Waals surface area contributed by atoms with Crippen LogP contribution in [0.5, 0.6) is 0 Å². The monoisotopic (exact) mass is 326 g/mol. The molecule has 0 spiro atoms. The molecule has 2 N–H and O–H groups in total. The first-order valence-electron chi connectivity index (χ1n) is 8.78. The Morgan fingerprint density at radius 1 is 1.50 bits per heavy atom. The van der Waals surface area contributed by atoms with E-state index in [9.17, 15) is 8.42 Å². The summed E-state index contributed by atoms with van der Waals surface area (Å²) in [7, 11) is -3.31. The van der Waals surface area contributed by atoms with Crippen LogP contribution in [-0.2, 0) is 10.0 Å². The molecular formula is C14H21N5O2S. The van der Waals surface area contributed by atoms with Crippen molar-refractivity contribution in [2.24, 2.45) is 0 Å². The van der Waals surface area contributed by atoms with E-state index in [1.807, 2.05) is 0 Å². The molecule has 120 valence electrons.